The molecule has 0 aliphatic carbocycles. The summed E-state index contributed by atoms with van der Waals surface area (Å²) in [5.74, 6) is 0. The molecule has 3 rings (SSSR count). The third-order valence-corrected chi connectivity index (χ3v) is 9.65. The average Bonchev–Trinajstić information content (AvgIpc) is 2.63. The lowest BCUT2D eigenvalue weighted by molar-refractivity contribution is 0.885. The number of allylic oxidation sites excluding steroid dienone is 4. The van der Waals surface area contributed by atoms with Gasteiger partial charge in [-0.1, -0.05) is 71.8 Å². The molecule has 2 aliphatic heterocycles. The molecule has 0 amide bonds. The van der Waals surface area contributed by atoms with Crippen molar-refractivity contribution in [2.45, 2.75) is 37.8 Å². The van der Waals surface area contributed by atoms with Gasteiger partial charge < -0.3 is 0 Å². The van der Waals surface area contributed by atoms with Crippen LogP contribution in [0.5, 0.6) is 0 Å². The van der Waals surface area contributed by atoms with Gasteiger partial charge in [0.15, 0.2) is 0 Å². The van der Waals surface area contributed by atoms with Gasteiger partial charge in [0, 0.05) is 0 Å². The Labute approximate surface area is 105 Å². The van der Waals surface area contributed by atoms with Crippen LogP contribution in [0.1, 0.15) is 25.7 Å². The van der Waals surface area contributed by atoms with E-state index in [1.165, 1.54) is 37.8 Å². The van der Waals surface area contributed by atoms with Crippen LogP contribution in [-0.4, -0.2) is 8.07 Å². The SMILES string of the molecule is C1=CC2=CCCC[Si]2(c2ccccc2)CCC1. The molecule has 0 aromatic heterocycles. The normalized spacial score (nSPS) is 28.1. The smallest absolute Gasteiger partial charge is 0.0849 e. The topological polar surface area (TPSA) is 0 Å². The van der Waals surface area contributed by atoms with Gasteiger partial charge in [-0.25, -0.2) is 0 Å². The summed E-state index contributed by atoms with van der Waals surface area (Å²) < 4.78 is 0. The molecular formula is C16H20Si. The maximum absolute atomic E-state index is 2.53. The van der Waals surface area contributed by atoms with E-state index in [0.29, 0.717) is 0 Å². The quantitative estimate of drug-likeness (QED) is 0.652. The Bertz CT molecular complexity index is 444. The molecule has 0 nitrogen and oxygen atoms in total. The fraction of sp³-hybridized carbons (Fsp3) is 0.375. The standard InChI is InChI=1S/C16H20Si/c1-3-9-15(10-4-1)17-13-7-2-5-11-16(17)12-6-8-14-17/h1,3-5,9-12H,2,6-8,13-14H2. The minimum atomic E-state index is -1.35. The lowest BCUT2D eigenvalue weighted by atomic mass is 10.2. The van der Waals surface area contributed by atoms with Crippen LogP contribution in [0, 0.1) is 0 Å². The summed E-state index contributed by atoms with van der Waals surface area (Å²) in [6.07, 6.45) is 12.7. The number of hydrogen-bond acceptors (Lipinski definition) is 0. The van der Waals surface area contributed by atoms with E-state index in [4.69, 9.17) is 0 Å². The van der Waals surface area contributed by atoms with E-state index in [-0.39, 0.29) is 0 Å². The molecule has 88 valence electrons. The Morgan fingerprint density at radius 3 is 2.47 bits per heavy atom. The molecule has 0 N–H and O–H groups in total. The molecule has 0 saturated carbocycles. The molecule has 0 fully saturated rings. The maximum Gasteiger partial charge on any atom is 0.117 e. The molecule has 1 heteroatoms. The highest BCUT2D eigenvalue weighted by Gasteiger charge is 2.38. The minimum absolute atomic E-state index is 1.28. The predicted octanol–water partition coefficient (Wildman–Crippen LogP) is 3.95. The van der Waals surface area contributed by atoms with E-state index < -0.39 is 8.07 Å². The molecule has 0 spiro atoms. The van der Waals surface area contributed by atoms with Crippen LogP contribution >= 0.6 is 0 Å². The van der Waals surface area contributed by atoms with Crippen molar-refractivity contribution in [3.63, 3.8) is 0 Å². The summed E-state index contributed by atoms with van der Waals surface area (Å²) in [7, 11) is -1.35. The molecule has 0 saturated heterocycles. The average molecular weight is 240 g/mol. The third kappa shape index (κ3) is 1.93. The number of hydrogen-bond donors (Lipinski definition) is 0. The molecule has 17 heavy (non-hydrogen) atoms. The molecule has 1 unspecified atom stereocenters. The van der Waals surface area contributed by atoms with Crippen molar-refractivity contribution < 1.29 is 0 Å². The molecule has 2 heterocycles. The molecule has 1 aromatic rings. The van der Waals surface area contributed by atoms with Crippen molar-refractivity contribution in [3.8, 4) is 0 Å². The van der Waals surface area contributed by atoms with Crippen LogP contribution in [0.3, 0.4) is 0 Å². The largest absolute Gasteiger partial charge is 0.117 e. The van der Waals surface area contributed by atoms with Crippen molar-refractivity contribution in [1.29, 1.82) is 0 Å². The lowest BCUT2D eigenvalue weighted by Gasteiger charge is -2.35. The summed E-state index contributed by atoms with van der Waals surface area (Å²) in [5, 5.41) is 3.38. The second-order valence-corrected chi connectivity index (χ2v) is 9.61. The Hall–Kier alpha value is -1.08. The van der Waals surface area contributed by atoms with Gasteiger partial charge >= 0.3 is 0 Å². The van der Waals surface area contributed by atoms with Crippen molar-refractivity contribution in [1.82, 2.24) is 0 Å². The highest BCUT2D eigenvalue weighted by atomic mass is 28.3. The first-order chi connectivity index (χ1) is 8.42. The van der Waals surface area contributed by atoms with Crippen LogP contribution in [0.4, 0.5) is 0 Å². The van der Waals surface area contributed by atoms with E-state index in [2.05, 4.69) is 48.6 Å². The molecule has 0 radical (unpaired) electrons. The first-order valence-corrected chi connectivity index (χ1v) is 9.26. The van der Waals surface area contributed by atoms with Gasteiger partial charge in [0.05, 0.1) is 0 Å². The number of fused-ring (bicyclic) bond motifs is 1. The highest BCUT2D eigenvalue weighted by Crippen LogP contribution is 2.35. The van der Waals surface area contributed by atoms with Crippen molar-refractivity contribution in [3.05, 3.63) is 53.8 Å². The first kappa shape index (κ1) is 11.0. The van der Waals surface area contributed by atoms with E-state index in [1.807, 2.05) is 0 Å². The Morgan fingerprint density at radius 1 is 0.882 bits per heavy atom. The van der Waals surface area contributed by atoms with Crippen LogP contribution in [0.25, 0.3) is 0 Å². The summed E-state index contributed by atoms with van der Waals surface area (Å²) in [5.41, 5.74) is 0. The zero-order chi connectivity index (χ0) is 11.6. The Kier molecular flexibility index (Phi) is 3.02. The van der Waals surface area contributed by atoms with Crippen LogP contribution in [-0.2, 0) is 0 Å². The predicted molar refractivity (Wildman–Crippen MR) is 77.1 cm³/mol. The van der Waals surface area contributed by atoms with Crippen LogP contribution in [0.2, 0.25) is 12.1 Å². The fourth-order valence-corrected chi connectivity index (χ4v) is 8.60. The molecule has 0 bridgehead atoms. The summed E-state index contributed by atoms with van der Waals surface area (Å²) >= 11 is 0. The van der Waals surface area contributed by atoms with E-state index in [9.17, 15) is 0 Å². The monoisotopic (exact) mass is 240 g/mol. The van der Waals surface area contributed by atoms with Gasteiger partial charge in [0.25, 0.3) is 0 Å². The second kappa shape index (κ2) is 4.65. The minimum Gasteiger partial charge on any atom is -0.0849 e. The lowest BCUT2D eigenvalue weighted by Crippen LogP contribution is -2.50. The molecule has 1 aromatic carbocycles. The highest BCUT2D eigenvalue weighted by molar-refractivity contribution is 6.98. The van der Waals surface area contributed by atoms with Crippen LogP contribution in [0.15, 0.2) is 53.8 Å². The van der Waals surface area contributed by atoms with E-state index in [1.54, 1.807) is 10.4 Å². The summed E-state index contributed by atoms with van der Waals surface area (Å²) in [6, 6.07) is 14.3. The Balaban J connectivity index is 2.10. The summed E-state index contributed by atoms with van der Waals surface area (Å²) in [6.45, 7) is 0. The molecule has 2 aliphatic rings. The van der Waals surface area contributed by atoms with Gasteiger partial charge in [0.2, 0.25) is 0 Å². The first-order valence-electron chi connectivity index (χ1n) is 6.84. The van der Waals surface area contributed by atoms with Crippen molar-refractivity contribution >= 4 is 13.3 Å². The van der Waals surface area contributed by atoms with Gasteiger partial charge in [0.1, 0.15) is 8.07 Å². The van der Waals surface area contributed by atoms with Crippen molar-refractivity contribution in [2.75, 3.05) is 0 Å². The zero-order valence-electron chi connectivity index (χ0n) is 10.4. The Morgan fingerprint density at radius 2 is 1.65 bits per heavy atom. The van der Waals surface area contributed by atoms with Gasteiger partial charge in [-0.3, -0.25) is 0 Å². The summed E-state index contributed by atoms with van der Waals surface area (Å²) in [4.78, 5) is 0. The fourth-order valence-electron chi connectivity index (χ4n) is 3.44. The molecular weight excluding hydrogens is 220 g/mol. The van der Waals surface area contributed by atoms with Crippen molar-refractivity contribution in [2.24, 2.45) is 0 Å². The zero-order valence-corrected chi connectivity index (χ0v) is 11.4. The van der Waals surface area contributed by atoms with Gasteiger partial charge in [-0.2, -0.15) is 0 Å². The number of benzene rings is 1. The third-order valence-electron chi connectivity index (χ3n) is 4.32. The second-order valence-electron chi connectivity index (χ2n) is 5.29. The molecule has 1 atom stereocenters. The van der Waals surface area contributed by atoms with Crippen LogP contribution < -0.4 is 5.19 Å². The number of rotatable bonds is 1. The van der Waals surface area contributed by atoms with E-state index >= 15 is 0 Å². The van der Waals surface area contributed by atoms with Gasteiger partial charge in [-0.05, 0) is 24.9 Å². The maximum atomic E-state index is 2.53. The van der Waals surface area contributed by atoms with Gasteiger partial charge in [-0.15, -0.1) is 0 Å². The van der Waals surface area contributed by atoms with E-state index in [0.717, 1.165) is 0 Å².